The van der Waals surface area contributed by atoms with Gasteiger partial charge in [-0.3, -0.25) is 23.7 Å². The standard InChI is InChI=1S/C33H24BrN3O4S2/c1-18-6-14-24(15-7-18)37-30(39)27-26(20-8-11-22(34)12-9-20)29-32(42-28(27)31(37)40)36(33(41)43-29)17-25(38)35-23-13-10-19-4-2-3-5-21(19)16-23/h2-16,26-28H,17H2,1H3,(H,35,38). The number of hydrogen-bond acceptors (Lipinski definition) is 6. The van der Waals surface area contributed by atoms with Crippen LogP contribution in [-0.2, 0) is 20.9 Å². The highest BCUT2D eigenvalue weighted by Gasteiger charge is 2.56. The molecular weight excluding hydrogens is 646 g/mol. The third kappa shape index (κ3) is 4.93. The Kier molecular flexibility index (Phi) is 7.07. The molecule has 2 aliphatic rings. The molecule has 214 valence electrons. The Hall–Kier alpha value is -3.99. The van der Waals surface area contributed by atoms with Crippen LogP contribution in [0.2, 0.25) is 0 Å². The average molecular weight is 671 g/mol. The van der Waals surface area contributed by atoms with Gasteiger partial charge >= 0.3 is 4.87 Å². The van der Waals surface area contributed by atoms with Crippen LogP contribution in [0.3, 0.4) is 0 Å². The van der Waals surface area contributed by atoms with Crippen LogP contribution in [0.5, 0.6) is 0 Å². The molecule has 0 aliphatic carbocycles. The lowest BCUT2D eigenvalue weighted by Gasteiger charge is -2.30. The first-order chi connectivity index (χ1) is 20.8. The maximum atomic E-state index is 14.0. The summed E-state index contributed by atoms with van der Waals surface area (Å²) >= 11 is 5.73. The number of imide groups is 1. The highest BCUT2D eigenvalue weighted by Crippen LogP contribution is 2.54. The van der Waals surface area contributed by atoms with E-state index in [1.54, 1.807) is 12.1 Å². The van der Waals surface area contributed by atoms with Crippen molar-refractivity contribution in [1.82, 2.24) is 4.57 Å². The molecule has 5 aromatic rings. The highest BCUT2D eigenvalue weighted by molar-refractivity contribution is 9.10. The van der Waals surface area contributed by atoms with Gasteiger partial charge < -0.3 is 5.32 Å². The molecule has 0 bridgehead atoms. The van der Waals surface area contributed by atoms with E-state index in [0.29, 0.717) is 21.3 Å². The summed E-state index contributed by atoms with van der Waals surface area (Å²) in [5.41, 5.74) is 3.02. The number of amides is 3. The molecule has 10 heteroatoms. The number of aromatic nitrogens is 1. The Balaban J connectivity index is 1.26. The smallest absolute Gasteiger partial charge is 0.308 e. The molecule has 3 heterocycles. The third-order valence-corrected chi connectivity index (χ3v) is 11.0. The number of benzene rings is 4. The van der Waals surface area contributed by atoms with Crippen molar-refractivity contribution in [2.24, 2.45) is 5.92 Å². The van der Waals surface area contributed by atoms with Gasteiger partial charge in [0, 0.05) is 21.0 Å². The number of rotatable bonds is 5. The van der Waals surface area contributed by atoms with Gasteiger partial charge in [-0.05, 0) is 59.7 Å². The van der Waals surface area contributed by atoms with Crippen LogP contribution in [0.1, 0.15) is 21.9 Å². The predicted octanol–water partition coefficient (Wildman–Crippen LogP) is 6.57. The quantitative estimate of drug-likeness (QED) is 0.214. The lowest BCUT2D eigenvalue weighted by molar-refractivity contribution is -0.122. The predicted molar refractivity (Wildman–Crippen MR) is 174 cm³/mol. The molecule has 2 aliphatic heterocycles. The molecule has 7 nitrogen and oxygen atoms in total. The van der Waals surface area contributed by atoms with E-state index in [-0.39, 0.29) is 29.1 Å². The van der Waals surface area contributed by atoms with Crippen LogP contribution in [-0.4, -0.2) is 27.5 Å². The fourth-order valence-electron chi connectivity index (χ4n) is 5.84. The van der Waals surface area contributed by atoms with Crippen molar-refractivity contribution < 1.29 is 14.4 Å². The molecule has 4 aromatic carbocycles. The van der Waals surface area contributed by atoms with Crippen LogP contribution in [0, 0.1) is 12.8 Å². The summed E-state index contributed by atoms with van der Waals surface area (Å²) in [6.07, 6.45) is 0. The number of thiazole rings is 1. The number of anilines is 2. The Morgan fingerprint density at radius 3 is 2.35 bits per heavy atom. The van der Waals surface area contributed by atoms with Gasteiger partial charge in [0.2, 0.25) is 17.7 Å². The number of aryl methyl sites for hydroxylation is 1. The Morgan fingerprint density at radius 2 is 1.60 bits per heavy atom. The second-order valence-electron chi connectivity index (χ2n) is 10.7. The summed E-state index contributed by atoms with van der Waals surface area (Å²) in [4.78, 5) is 56.2. The number of halogens is 1. The van der Waals surface area contributed by atoms with E-state index in [1.165, 1.54) is 21.2 Å². The van der Waals surface area contributed by atoms with Crippen LogP contribution in [0.15, 0.2) is 105 Å². The van der Waals surface area contributed by atoms with Gasteiger partial charge in [-0.2, -0.15) is 0 Å². The third-order valence-electron chi connectivity index (χ3n) is 7.91. The van der Waals surface area contributed by atoms with E-state index in [9.17, 15) is 19.2 Å². The molecule has 43 heavy (non-hydrogen) atoms. The van der Waals surface area contributed by atoms with E-state index >= 15 is 0 Å². The number of nitrogens with zero attached hydrogens (tertiary/aromatic N) is 2. The molecule has 1 aromatic heterocycles. The van der Waals surface area contributed by atoms with Crippen LogP contribution >= 0.6 is 39.0 Å². The zero-order chi connectivity index (χ0) is 29.8. The van der Waals surface area contributed by atoms with Gasteiger partial charge in [-0.25, -0.2) is 4.90 Å². The van der Waals surface area contributed by atoms with Gasteiger partial charge in [0.1, 0.15) is 11.8 Å². The molecule has 3 atom stereocenters. The van der Waals surface area contributed by atoms with Gasteiger partial charge in [0.25, 0.3) is 0 Å². The number of carbonyl (C=O) groups excluding carboxylic acids is 3. The lowest BCUT2D eigenvalue weighted by atomic mass is 9.83. The summed E-state index contributed by atoms with van der Waals surface area (Å²) < 4.78 is 2.32. The normalized spacial score (nSPS) is 19.4. The summed E-state index contributed by atoms with van der Waals surface area (Å²) in [7, 11) is 0. The van der Waals surface area contributed by atoms with Crippen molar-refractivity contribution >= 4 is 78.9 Å². The van der Waals surface area contributed by atoms with Crippen LogP contribution in [0.25, 0.3) is 10.8 Å². The van der Waals surface area contributed by atoms with Crippen molar-refractivity contribution in [3.05, 3.63) is 121 Å². The molecule has 3 unspecified atom stereocenters. The van der Waals surface area contributed by atoms with Crippen molar-refractivity contribution in [3.8, 4) is 0 Å². The SMILES string of the molecule is Cc1ccc(N2C(=O)C3Sc4c(sc(=O)n4CC(=O)Nc4ccc5ccccc5c4)C(c4ccc(Br)cc4)C3C2=O)cc1. The minimum absolute atomic E-state index is 0.210. The van der Waals surface area contributed by atoms with E-state index in [0.717, 1.165) is 37.7 Å². The van der Waals surface area contributed by atoms with Crippen molar-refractivity contribution in [3.63, 3.8) is 0 Å². The summed E-state index contributed by atoms with van der Waals surface area (Å²) in [5.74, 6) is -2.15. The molecule has 1 N–H and O–H groups in total. The highest BCUT2D eigenvalue weighted by atomic mass is 79.9. The minimum atomic E-state index is -0.737. The maximum absolute atomic E-state index is 14.0. The topological polar surface area (TPSA) is 88.5 Å². The number of thioether (sulfide) groups is 1. The van der Waals surface area contributed by atoms with Crippen LogP contribution in [0.4, 0.5) is 11.4 Å². The number of nitrogens with one attached hydrogen (secondary N) is 1. The zero-order valence-electron chi connectivity index (χ0n) is 22.8. The molecule has 0 radical (unpaired) electrons. The largest absolute Gasteiger partial charge is 0.325 e. The molecule has 1 saturated heterocycles. The summed E-state index contributed by atoms with van der Waals surface area (Å²) in [6, 6.07) is 28.5. The van der Waals surface area contributed by atoms with E-state index < -0.39 is 17.1 Å². The van der Waals surface area contributed by atoms with Gasteiger partial charge in [0.05, 0.1) is 16.6 Å². The second kappa shape index (κ2) is 10.9. The fourth-order valence-corrected chi connectivity index (χ4v) is 8.88. The van der Waals surface area contributed by atoms with E-state index in [4.69, 9.17) is 0 Å². The average Bonchev–Trinajstić information content (AvgIpc) is 3.44. The summed E-state index contributed by atoms with van der Waals surface area (Å²) in [6.45, 7) is 1.74. The molecule has 7 rings (SSSR count). The van der Waals surface area contributed by atoms with Crippen molar-refractivity contribution in [2.45, 2.75) is 29.7 Å². The molecule has 0 saturated carbocycles. The first-order valence-corrected chi connectivity index (χ1v) is 16.2. The monoisotopic (exact) mass is 669 g/mol. The Bertz CT molecular complexity index is 1980. The lowest BCUT2D eigenvalue weighted by Crippen LogP contribution is -2.33. The van der Waals surface area contributed by atoms with Crippen molar-refractivity contribution in [1.29, 1.82) is 0 Å². The molecule has 0 spiro atoms. The molecular formula is C33H24BrN3O4S2. The van der Waals surface area contributed by atoms with Crippen LogP contribution < -0.4 is 15.1 Å². The molecule has 1 fully saturated rings. The van der Waals surface area contributed by atoms with Gasteiger partial charge in [-0.1, -0.05) is 99.2 Å². The number of hydrogen-bond donors (Lipinski definition) is 1. The number of fused-ring (bicyclic) bond motifs is 3. The van der Waals surface area contributed by atoms with E-state index in [2.05, 4.69) is 21.2 Å². The number of carbonyl (C=O) groups is 3. The Labute approximate surface area is 263 Å². The fraction of sp³-hybridized carbons (Fsp3) is 0.152. The van der Waals surface area contributed by atoms with Crippen molar-refractivity contribution in [2.75, 3.05) is 10.2 Å². The second-order valence-corrected chi connectivity index (χ2v) is 13.7. The first kappa shape index (κ1) is 27.8. The van der Waals surface area contributed by atoms with E-state index in [1.807, 2.05) is 85.8 Å². The maximum Gasteiger partial charge on any atom is 0.308 e. The molecule has 3 amide bonds. The van der Waals surface area contributed by atoms with Gasteiger partial charge in [0.15, 0.2) is 0 Å². The Morgan fingerprint density at radius 1 is 0.884 bits per heavy atom. The minimum Gasteiger partial charge on any atom is -0.325 e. The zero-order valence-corrected chi connectivity index (χ0v) is 26.0. The van der Waals surface area contributed by atoms with Gasteiger partial charge in [-0.15, -0.1) is 0 Å². The summed E-state index contributed by atoms with van der Waals surface area (Å²) in [5, 5.41) is 4.79. The first-order valence-electron chi connectivity index (χ1n) is 13.7.